The maximum atomic E-state index is 7.12. The van der Waals surface area contributed by atoms with E-state index in [-0.39, 0.29) is 0 Å². The first-order chi connectivity index (χ1) is 6.20. The second kappa shape index (κ2) is 5.50. The standard InChI is InChI=1S/C9H19N3S/c1-8-7-13-6-5-12(8)4-2-3-9(10)11/h8H,2-7H2,1H3,(H3,10,11). The van der Waals surface area contributed by atoms with Gasteiger partial charge in [0.25, 0.3) is 0 Å². The number of rotatable bonds is 4. The minimum atomic E-state index is 0.319. The van der Waals surface area contributed by atoms with E-state index in [4.69, 9.17) is 11.1 Å². The zero-order chi connectivity index (χ0) is 9.68. The molecule has 1 rings (SSSR count). The van der Waals surface area contributed by atoms with Gasteiger partial charge in [0, 0.05) is 30.5 Å². The fourth-order valence-electron chi connectivity index (χ4n) is 1.57. The van der Waals surface area contributed by atoms with Gasteiger partial charge in [-0.2, -0.15) is 11.8 Å². The first-order valence-corrected chi connectivity index (χ1v) is 6.00. The molecule has 0 aromatic carbocycles. The number of amidine groups is 1. The van der Waals surface area contributed by atoms with Crippen LogP contribution in [0.1, 0.15) is 19.8 Å². The van der Waals surface area contributed by atoms with Gasteiger partial charge in [0.1, 0.15) is 0 Å². The van der Waals surface area contributed by atoms with Gasteiger partial charge in [-0.15, -0.1) is 0 Å². The van der Waals surface area contributed by atoms with Gasteiger partial charge in [-0.1, -0.05) is 0 Å². The van der Waals surface area contributed by atoms with Crippen LogP contribution in [-0.2, 0) is 0 Å². The Morgan fingerprint density at radius 3 is 3.08 bits per heavy atom. The molecule has 0 aromatic heterocycles. The van der Waals surface area contributed by atoms with E-state index >= 15 is 0 Å². The summed E-state index contributed by atoms with van der Waals surface area (Å²) in [5.74, 6) is 2.82. The van der Waals surface area contributed by atoms with E-state index in [2.05, 4.69) is 11.8 Å². The Hall–Kier alpha value is -0.220. The van der Waals surface area contributed by atoms with Crippen LogP contribution in [0, 0.1) is 5.41 Å². The fraction of sp³-hybridized carbons (Fsp3) is 0.889. The van der Waals surface area contributed by atoms with Crippen molar-refractivity contribution in [2.24, 2.45) is 5.73 Å². The van der Waals surface area contributed by atoms with Crippen LogP contribution in [0.3, 0.4) is 0 Å². The van der Waals surface area contributed by atoms with Crippen molar-refractivity contribution in [3.63, 3.8) is 0 Å². The number of hydrogen-bond acceptors (Lipinski definition) is 3. The molecule has 3 nitrogen and oxygen atoms in total. The average molecular weight is 201 g/mol. The van der Waals surface area contributed by atoms with Gasteiger partial charge in [0.05, 0.1) is 5.84 Å². The third kappa shape index (κ3) is 4.00. The lowest BCUT2D eigenvalue weighted by Gasteiger charge is -2.32. The van der Waals surface area contributed by atoms with Crippen LogP contribution in [0.2, 0.25) is 0 Å². The van der Waals surface area contributed by atoms with Gasteiger partial charge in [-0.3, -0.25) is 10.3 Å². The molecule has 0 saturated carbocycles. The first kappa shape index (κ1) is 10.9. The van der Waals surface area contributed by atoms with Crippen LogP contribution < -0.4 is 5.73 Å². The Bertz CT molecular complexity index is 172. The second-order valence-electron chi connectivity index (χ2n) is 3.59. The SMILES string of the molecule is CC1CSCCN1CCCC(=N)N. The van der Waals surface area contributed by atoms with Crippen LogP contribution in [0.4, 0.5) is 0 Å². The zero-order valence-electron chi connectivity index (χ0n) is 8.25. The molecule has 0 amide bonds. The minimum absolute atomic E-state index is 0.319. The third-order valence-corrected chi connectivity index (χ3v) is 3.59. The van der Waals surface area contributed by atoms with Gasteiger partial charge >= 0.3 is 0 Å². The Balaban J connectivity index is 2.15. The third-order valence-electron chi connectivity index (χ3n) is 2.40. The Kier molecular flexibility index (Phi) is 4.59. The Labute approximate surface area is 84.6 Å². The van der Waals surface area contributed by atoms with Crippen molar-refractivity contribution < 1.29 is 0 Å². The molecule has 1 heterocycles. The van der Waals surface area contributed by atoms with Gasteiger partial charge in [-0.25, -0.2) is 0 Å². The molecule has 0 aliphatic carbocycles. The normalized spacial score (nSPS) is 24.5. The lowest BCUT2D eigenvalue weighted by molar-refractivity contribution is 0.231. The molecule has 0 bridgehead atoms. The largest absolute Gasteiger partial charge is 0.388 e. The molecule has 3 N–H and O–H groups in total. The average Bonchev–Trinajstić information content (AvgIpc) is 2.08. The summed E-state index contributed by atoms with van der Waals surface area (Å²) < 4.78 is 0. The van der Waals surface area contributed by atoms with Crippen molar-refractivity contribution in [1.82, 2.24) is 4.90 Å². The van der Waals surface area contributed by atoms with Crippen molar-refractivity contribution >= 4 is 17.6 Å². The summed E-state index contributed by atoms with van der Waals surface area (Å²) in [6.07, 6.45) is 1.78. The summed E-state index contributed by atoms with van der Waals surface area (Å²) in [5.41, 5.74) is 5.30. The zero-order valence-corrected chi connectivity index (χ0v) is 9.07. The van der Waals surface area contributed by atoms with E-state index in [1.807, 2.05) is 11.8 Å². The number of thioether (sulfide) groups is 1. The summed E-state index contributed by atoms with van der Waals surface area (Å²) in [5, 5.41) is 7.12. The smallest absolute Gasteiger partial charge is 0.0905 e. The Morgan fingerprint density at radius 1 is 1.69 bits per heavy atom. The molecule has 1 unspecified atom stereocenters. The van der Waals surface area contributed by atoms with Gasteiger partial charge in [0.15, 0.2) is 0 Å². The van der Waals surface area contributed by atoms with Crippen LogP contribution in [0.5, 0.6) is 0 Å². The number of nitrogens with two attached hydrogens (primary N) is 1. The molecule has 13 heavy (non-hydrogen) atoms. The predicted octanol–water partition coefficient (Wildman–Crippen LogP) is 1.14. The summed E-state index contributed by atoms with van der Waals surface area (Å²) >= 11 is 2.04. The molecule has 4 heteroatoms. The van der Waals surface area contributed by atoms with Crippen molar-refractivity contribution in [2.75, 3.05) is 24.6 Å². The predicted molar refractivity (Wildman–Crippen MR) is 59.5 cm³/mol. The van der Waals surface area contributed by atoms with Crippen LogP contribution >= 0.6 is 11.8 Å². The number of nitrogens with zero attached hydrogens (tertiary/aromatic N) is 1. The molecular formula is C9H19N3S. The molecule has 1 saturated heterocycles. The molecule has 1 atom stereocenters. The maximum Gasteiger partial charge on any atom is 0.0905 e. The molecule has 1 aliphatic rings. The number of hydrogen-bond donors (Lipinski definition) is 2. The van der Waals surface area contributed by atoms with E-state index in [1.165, 1.54) is 18.1 Å². The van der Waals surface area contributed by atoms with Crippen molar-refractivity contribution in [1.29, 1.82) is 5.41 Å². The Morgan fingerprint density at radius 2 is 2.46 bits per heavy atom. The molecule has 76 valence electrons. The summed E-state index contributed by atoms with van der Waals surface area (Å²) in [7, 11) is 0. The fourth-order valence-corrected chi connectivity index (χ4v) is 2.65. The highest BCUT2D eigenvalue weighted by molar-refractivity contribution is 7.99. The highest BCUT2D eigenvalue weighted by atomic mass is 32.2. The van der Waals surface area contributed by atoms with Crippen molar-refractivity contribution in [2.45, 2.75) is 25.8 Å². The topological polar surface area (TPSA) is 53.1 Å². The summed E-state index contributed by atoms with van der Waals surface area (Å²) in [6.45, 7) is 4.57. The molecule has 1 aliphatic heterocycles. The number of nitrogens with one attached hydrogen (secondary N) is 1. The molecular weight excluding hydrogens is 182 g/mol. The highest BCUT2D eigenvalue weighted by Crippen LogP contribution is 2.16. The highest BCUT2D eigenvalue weighted by Gasteiger charge is 2.17. The van der Waals surface area contributed by atoms with Crippen molar-refractivity contribution in [3.05, 3.63) is 0 Å². The molecule has 1 fully saturated rings. The van der Waals surface area contributed by atoms with Gasteiger partial charge in [0.2, 0.25) is 0 Å². The lowest BCUT2D eigenvalue weighted by Crippen LogP contribution is -2.41. The van der Waals surface area contributed by atoms with E-state index < -0.39 is 0 Å². The van der Waals surface area contributed by atoms with E-state index in [0.29, 0.717) is 11.9 Å². The minimum Gasteiger partial charge on any atom is -0.388 e. The molecule has 0 radical (unpaired) electrons. The van der Waals surface area contributed by atoms with Gasteiger partial charge in [-0.05, 0) is 19.9 Å². The van der Waals surface area contributed by atoms with Gasteiger partial charge < -0.3 is 5.73 Å². The van der Waals surface area contributed by atoms with E-state index in [1.54, 1.807) is 0 Å². The lowest BCUT2D eigenvalue weighted by atomic mass is 10.2. The quantitative estimate of drug-likeness (QED) is 0.530. The molecule has 0 aromatic rings. The maximum absolute atomic E-state index is 7.12. The molecule has 0 spiro atoms. The van der Waals surface area contributed by atoms with Crippen molar-refractivity contribution in [3.8, 4) is 0 Å². The second-order valence-corrected chi connectivity index (χ2v) is 4.74. The monoisotopic (exact) mass is 201 g/mol. The summed E-state index contributed by atoms with van der Waals surface area (Å²) in [4.78, 5) is 2.50. The van der Waals surface area contributed by atoms with Crippen LogP contribution in [-0.4, -0.2) is 41.4 Å². The van der Waals surface area contributed by atoms with E-state index in [9.17, 15) is 0 Å². The van der Waals surface area contributed by atoms with E-state index in [0.717, 1.165) is 19.4 Å². The van der Waals surface area contributed by atoms with Crippen LogP contribution in [0.15, 0.2) is 0 Å². The first-order valence-electron chi connectivity index (χ1n) is 4.85. The van der Waals surface area contributed by atoms with Crippen LogP contribution in [0.25, 0.3) is 0 Å². The summed E-state index contributed by atoms with van der Waals surface area (Å²) in [6, 6.07) is 0.700.